The lowest BCUT2D eigenvalue weighted by molar-refractivity contribution is -0.109. The molecule has 0 bridgehead atoms. The van der Waals surface area contributed by atoms with Gasteiger partial charge in [-0.1, -0.05) is 18.2 Å². The largest absolute Gasteiger partial charge is 0.384 e. The van der Waals surface area contributed by atoms with Gasteiger partial charge in [0.1, 0.15) is 0 Å². The Bertz CT molecular complexity index is 325. The van der Waals surface area contributed by atoms with Crippen LogP contribution in [-0.4, -0.2) is 19.5 Å². The van der Waals surface area contributed by atoms with Crippen molar-refractivity contribution < 1.29 is 4.79 Å². The van der Waals surface area contributed by atoms with Crippen molar-refractivity contribution in [2.75, 3.05) is 18.4 Å². The molecule has 1 amide bonds. The van der Waals surface area contributed by atoms with Crippen molar-refractivity contribution in [3.63, 3.8) is 0 Å². The summed E-state index contributed by atoms with van der Waals surface area (Å²) in [7, 11) is 0. The van der Waals surface area contributed by atoms with Crippen LogP contribution in [0, 0.1) is 5.92 Å². The third kappa shape index (κ3) is 1.87. The van der Waals surface area contributed by atoms with Crippen molar-refractivity contribution in [2.45, 2.75) is 6.42 Å². The zero-order valence-electron chi connectivity index (χ0n) is 7.99. The highest BCUT2D eigenvalue weighted by atomic mass is 16.1. The van der Waals surface area contributed by atoms with Gasteiger partial charge in [-0.2, -0.15) is 0 Å². The molecule has 0 aliphatic carbocycles. The minimum atomic E-state index is 0.509. The molecule has 0 radical (unpaired) electrons. The Morgan fingerprint density at radius 2 is 2.36 bits per heavy atom. The van der Waals surface area contributed by atoms with Gasteiger partial charge < -0.3 is 10.6 Å². The number of rotatable bonds is 3. The van der Waals surface area contributed by atoms with Crippen LogP contribution in [0.5, 0.6) is 0 Å². The molecule has 1 aromatic carbocycles. The minimum absolute atomic E-state index is 0.509. The van der Waals surface area contributed by atoms with Crippen LogP contribution in [0.25, 0.3) is 0 Å². The molecule has 0 fully saturated rings. The summed E-state index contributed by atoms with van der Waals surface area (Å²) in [4.78, 5) is 10.2. The Hall–Kier alpha value is -1.51. The first-order chi connectivity index (χ1) is 6.90. The number of nitrogens with one attached hydrogen (secondary N) is 2. The molecule has 2 rings (SSSR count). The second-order valence-corrected chi connectivity index (χ2v) is 3.63. The number of carbonyl (C=O) groups is 1. The number of benzene rings is 1. The highest BCUT2D eigenvalue weighted by molar-refractivity contribution is 5.53. The van der Waals surface area contributed by atoms with Crippen molar-refractivity contribution in [1.29, 1.82) is 0 Å². The molecule has 3 heteroatoms. The van der Waals surface area contributed by atoms with E-state index in [1.165, 1.54) is 11.3 Å². The van der Waals surface area contributed by atoms with Crippen LogP contribution in [0.1, 0.15) is 5.56 Å². The van der Waals surface area contributed by atoms with Crippen molar-refractivity contribution in [1.82, 2.24) is 5.32 Å². The lowest BCUT2D eigenvalue weighted by Gasteiger charge is -2.25. The zero-order chi connectivity index (χ0) is 9.80. The van der Waals surface area contributed by atoms with Crippen molar-refractivity contribution in [3.8, 4) is 0 Å². The van der Waals surface area contributed by atoms with Crippen molar-refractivity contribution in [3.05, 3.63) is 29.8 Å². The third-order valence-corrected chi connectivity index (χ3v) is 2.60. The second-order valence-electron chi connectivity index (χ2n) is 3.63. The summed E-state index contributed by atoms with van der Waals surface area (Å²) in [5.74, 6) is 0.509. The van der Waals surface area contributed by atoms with E-state index in [4.69, 9.17) is 0 Å². The summed E-state index contributed by atoms with van der Waals surface area (Å²) < 4.78 is 0. The highest BCUT2D eigenvalue weighted by Gasteiger charge is 2.16. The van der Waals surface area contributed by atoms with Gasteiger partial charge in [0.15, 0.2) is 0 Å². The molecule has 1 atom stereocenters. The number of hydrogen-bond acceptors (Lipinski definition) is 2. The number of carbonyl (C=O) groups excluding carboxylic acids is 1. The average molecular weight is 190 g/mol. The van der Waals surface area contributed by atoms with Gasteiger partial charge in [0.2, 0.25) is 6.41 Å². The summed E-state index contributed by atoms with van der Waals surface area (Å²) in [6, 6.07) is 8.32. The van der Waals surface area contributed by atoms with E-state index in [1.54, 1.807) is 0 Å². The van der Waals surface area contributed by atoms with E-state index < -0.39 is 0 Å². The molecule has 0 saturated carbocycles. The number of fused-ring (bicyclic) bond motifs is 1. The standard InChI is InChI=1S/C11H14N2O/c14-8-12-6-9-5-10-3-1-2-4-11(10)13-7-9/h1-4,8-9,13H,5-7H2,(H,12,14). The fourth-order valence-electron chi connectivity index (χ4n) is 1.87. The number of para-hydroxylation sites is 1. The summed E-state index contributed by atoms with van der Waals surface area (Å²) in [6.07, 6.45) is 1.81. The summed E-state index contributed by atoms with van der Waals surface area (Å²) >= 11 is 0. The second kappa shape index (κ2) is 4.13. The maximum atomic E-state index is 10.2. The molecular formula is C11H14N2O. The molecular weight excluding hydrogens is 176 g/mol. The quantitative estimate of drug-likeness (QED) is 0.699. The van der Waals surface area contributed by atoms with Crippen LogP contribution in [-0.2, 0) is 11.2 Å². The molecule has 0 saturated heterocycles. The summed E-state index contributed by atoms with van der Waals surface area (Å²) in [6.45, 7) is 1.70. The van der Waals surface area contributed by atoms with Crippen molar-refractivity contribution >= 4 is 12.1 Å². The molecule has 0 spiro atoms. The fourth-order valence-corrected chi connectivity index (χ4v) is 1.87. The molecule has 1 aliphatic rings. The maximum absolute atomic E-state index is 10.2. The maximum Gasteiger partial charge on any atom is 0.207 e. The Balaban J connectivity index is 2.02. The minimum Gasteiger partial charge on any atom is -0.384 e. The van der Waals surface area contributed by atoms with Crippen LogP contribution >= 0.6 is 0 Å². The van der Waals surface area contributed by atoms with Gasteiger partial charge >= 0.3 is 0 Å². The van der Waals surface area contributed by atoms with E-state index >= 15 is 0 Å². The van der Waals surface area contributed by atoms with E-state index in [9.17, 15) is 4.79 Å². The Labute approximate surface area is 83.5 Å². The van der Waals surface area contributed by atoms with Crippen molar-refractivity contribution in [2.24, 2.45) is 5.92 Å². The molecule has 0 aromatic heterocycles. The van der Waals surface area contributed by atoms with Crippen LogP contribution < -0.4 is 10.6 Å². The van der Waals surface area contributed by atoms with Gasteiger partial charge in [-0.25, -0.2) is 0 Å². The van der Waals surface area contributed by atoms with E-state index in [2.05, 4.69) is 28.8 Å². The molecule has 74 valence electrons. The normalized spacial score (nSPS) is 19.3. The van der Waals surface area contributed by atoms with Gasteiger partial charge in [-0.05, 0) is 24.0 Å². The lowest BCUT2D eigenvalue weighted by Crippen LogP contribution is -2.31. The van der Waals surface area contributed by atoms with Gasteiger partial charge in [0, 0.05) is 18.8 Å². The molecule has 2 N–H and O–H groups in total. The predicted molar refractivity (Wildman–Crippen MR) is 56.2 cm³/mol. The van der Waals surface area contributed by atoms with Gasteiger partial charge in [0.05, 0.1) is 0 Å². The molecule has 1 aromatic rings. The van der Waals surface area contributed by atoms with E-state index in [1.807, 2.05) is 6.07 Å². The van der Waals surface area contributed by atoms with Crippen LogP contribution in [0.3, 0.4) is 0 Å². The first kappa shape index (κ1) is 9.06. The summed E-state index contributed by atoms with van der Waals surface area (Å²) in [5.41, 5.74) is 2.58. The predicted octanol–water partition coefficient (Wildman–Crippen LogP) is 1.02. The first-order valence-electron chi connectivity index (χ1n) is 4.89. The van der Waals surface area contributed by atoms with Crippen LogP contribution in [0.4, 0.5) is 5.69 Å². The van der Waals surface area contributed by atoms with Gasteiger partial charge in [0.25, 0.3) is 0 Å². The highest BCUT2D eigenvalue weighted by Crippen LogP contribution is 2.23. The Morgan fingerprint density at radius 1 is 1.50 bits per heavy atom. The first-order valence-corrected chi connectivity index (χ1v) is 4.89. The smallest absolute Gasteiger partial charge is 0.207 e. The molecule has 1 aliphatic heterocycles. The molecule has 1 heterocycles. The van der Waals surface area contributed by atoms with E-state index in [0.29, 0.717) is 5.92 Å². The Morgan fingerprint density at radius 3 is 3.21 bits per heavy atom. The Kier molecular flexibility index (Phi) is 2.68. The molecule has 1 unspecified atom stereocenters. The average Bonchev–Trinajstić information content (AvgIpc) is 2.26. The van der Waals surface area contributed by atoms with Gasteiger partial charge in [-0.15, -0.1) is 0 Å². The van der Waals surface area contributed by atoms with Crippen LogP contribution in [0.2, 0.25) is 0 Å². The SMILES string of the molecule is O=CNCC1CNc2ccccc2C1. The van der Waals surface area contributed by atoms with Crippen LogP contribution in [0.15, 0.2) is 24.3 Å². The topological polar surface area (TPSA) is 41.1 Å². The number of hydrogen-bond donors (Lipinski definition) is 2. The molecule has 14 heavy (non-hydrogen) atoms. The van der Waals surface area contributed by atoms with E-state index in [0.717, 1.165) is 25.9 Å². The van der Waals surface area contributed by atoms with Gasteiger partial charge in [-0.3, -0.25) is 4.79 Å². The summed E-state index contributed by atoms with van der Waals surface area (Å²) in [5, 5.41) is 6.09. The fraction of sp³-hybridized carbons (Fsp3) is 0.364. The molecule has 3 nitrogen and oxygen atoms in total. The zero-order valence-corrected chi connectivity index (χ0v) is 7.99. The number of amides is 1. The monoisotopic (exact) mass is 190 g/mol. The third-order valence-electron chi connectivity index (χ3n) is 2.60. The lowest BCUT2D eigenvalue weighted by atomic mass is 9.94. The van der Waals surface area contributed by atoms with E-state index in [-0.39, 0.29) is 0 Å². The number of anilines is 1.